The van der Waals surface area contributed by atoms with Crippen molar-refractivity contribution < 1.29 is 0 Å². The molecule has 1 fully saturated rings. The minimum Gasteiger partial charge on any atom is -0.314 e. The van der Waals surface area contributed by atoms with Crippen molar-refractivity contribution in [2.45, 2.75) is 65.3 Å². The van der Waals surface area contributed by atoms with E-state index in [-0.39, 0.29) is 0 Å². The fraction of sp³-hybridized carbons (Fsp3) is 1.00. The van der Waals surface area contributed by atoms with Crippen molar-refractivity contribution in [1.29, 1.82) is 0 Å². The van der Waals surface area contributed by atoms with Crippen molar-refractivity contribution in [1.82, 2.24) is 10.2 Å². The molecule has 0 bridgehead atoms. The lowest BCUT2D eigenvalue weighted by atomic mass is 9.90. The van der Waals surface area contributed by atoms with Gasteiger partial charge in [0.15, 0.2) is 0 Å². The van der Waals surface area contributed by atoms with E-state index in [1.807, 2.05) is 0 Å². The zero-order chi connectivity index (χ0) is 12.7. The number of piperazine rings is 1. The number of nitrogens with zero attached hydrogens (tertiary/aromatic N) is 1. The summed E-state index contributed by atoms with van der Waals surface area (Å²) in [7, 11) is 0. The molecule has 2 unspecified atom stereocenters. The topological polar surface area (TPSA) is 15.3 Å². The molecule has 0 amide bonds. The fourth-order valence-electron chi connectivity index (χ4n) is 2.84. The fourth-order valence-corrected chi connectivity index (χ4v) is 2.84. The Kier molecular flexibility index (Phi) is 6.50. The molecule has 1 saturated heterocycles. The molecular formula is C15H32N2. The highest BCUT2D eigenvalue weighted by Crippen LogP contribution is 2.24. The zero-order valence-corrected chi connectivity index (χ0v) is 12.4. The zero-order valence-electron chi connectivity index (χ0n) is 12.4. The van der Waals surface area contributed by atoms with Crippen LogP contribution in [0.1, 0.15) is 59.8 Å². The van der Waals surface area contributed by atoms with Gasteiger partial charge in [0, 0.05) is 31.7 Å². The quantitative estimate of drug-likeness (QED) is 0.735. The van der Waals surface area contributed by atoms with Crippen LogP contribution in [0.4, 0.5) is 0 Å². The molecule has 0 aromatic carbocycles. The van der Waals surface area contributed by atoms with Gasteiger partial charge in [-0.25, -0.2) is 0 Å². The summed E-state index contributed by atoms with van der Waals surface area (Å²) in [5.74, 6) is 0.902. The molecule has 17 heavy (non-hydrogen) atoms. The van der Waals surface area contributed by atoms with Crippen LogP contribution in [-0.2, 0) is 0 Å². The van der Waals surface area contributed by atoms with Crippen molar-refractivity contribution in [2.24, 2.45) is 5.92 Å². The molecule has 2 atom stereocenters. The number of hydrogen-bond acceptors (Lipinski definition) is 2. The lowest BCUT2D eigenvalue weighted by Crippen LogP contribution is -2.60. The maximum Gasteiger partial charge on any atom is 0.0303 e. The van der Waals surface area contributed by atoms with Gasteiger partial charge in [-0.3, -0.25) is 4.90 Å². The Morgan fingerprint density at radius 1 is 1.29 bits per heavy atom. The minimum absolute atomic E-state index is 0.387. The predicted molar refractivity (Wildman–Crippen MR) is 76.4 cm³/mol. The van der Waals surface area contributed by atoms with E-state index in [2.05, 4.69) is 37.9 Å². The molecule has 0 spiro atoms. The first-order valence-electron chi connectivity index (χ1n) is 7.62. The van der Waals surface area contributed by atoms with Gasteiger partial charge in [-0.1, -0.05) is 40.0 Å². The van der Waals surface area contributed by atoms with E-state index in [1.54, 1.807) is 0 Å². The second-order valence-electron chi connectivity index (χ2n) is 5.89. The molecule has 0 aromatic rings. The van der Waals surface area contributed by atoms with Crippen LogP contribution in [0.15, 0.2) is 0 Å². The third kappa shape index (κ3) is 4.26. The SMILES string of the molecule is CCCCC(CC)CN1CCNCC1(C)CC. The maximum absolute atomic E-state index is 3.55. The van der Waals surface area contributed by atoms with E-state index in [1.165, 1.54) is 51.7 Å². The highest BCUT2D eigenvalue weighted by molar-refractivity contribution is 4.91. The second-order valence-corrected chi connectivity index (χ2v) is 5.89. The molecular weight excluding hydrogens is 208 g/mol. The van der Waals surface area contributed by atoms with Crippen LogP contribution in [0, 0.1) is 5.92 Å². The molecule has 0 aliphatic carbocycles. The van der Waals surface area contributed by atoms with E-state index in [0.717, 1.165) is 12.5 Å². The monoisotopic (exact) mass is 240 g/mol. The van der Waals surface area contributed by atoms with Gasteiger partial charge in [0.25, 0.3) is 0 Å². The Labute approximate surface area is 108 Å². The molecule has 1 N–H and O–H groups in total. The summed E-state index contributed by atoms with van der Waals surface area (Å²) in [6.45, 7) is 14.3. The van der Waals surface area contributed by atoms with Gasteiger partial charge in [0.2, 0.25) is 0 Å². The summed E-state index contributed by atoms with van der Waals surface area (Å²) in [6.07, 6.45) is 6.74. The standard InChI is InChI=1S/C15H32N2/c1-5-8-9-14(6-2)12-17-11-10-16-13-15(17,4)7-3/h14,16H,5-13H2,1-4H3. The molecule has 1 heterocycles. The molecule has 2 nitrogen and oxygen atoms in total. The third-order valence-corrected chi connectivity index (χ3v) is 4.61. The predicted octanol–water partition coefficient (Wildman–Crippen LogP) is 3.28. The summed E-state index contributed by atoms with van der Waals surface area (Å²) in [5.41, 5.74) is 0.387. The van der Waals surface area contributed by atoms with Crippen molar-refractivity contribution in [3.63, 3.8) is 0 Å². The van der Waals surface area contributed by atoms with Crippen LogP contribution < -0.4 is 5.32 Å². The molecule has 0 aromatic heterocycles. The minimum atomic E-state index is 0.387. The van der Waals surface area contributed by atoms with E-state index >= 15 is 0 Å². The summed E-state index contributed by atoms with van der Waals surface area (Å²) >= 11 is 0. The Hall–Kier alpha value is -0.0800. The second kappa shape index (κ2) is 7.38. The molecule has 1 rings (SSSR count). The Bertz CT molecular complexity index is 205. The average Bonchev–Trinajstić information content (AvgIpc) is 2.36. The molecule has 1 aliphatic rings. The third-order valence-electron chi connectivity index (χ3n) is 4.61. The van der Waals surface area contributed by atoms with Crippen LogP contribution in [0.3, 0.4) is 0 Å². The number of hydrogen-bond donors (Lipinski definition) is 1. The molecule has 0 saturated carbocycles. The average molecular weight is 240 g/mol. The normalized spacial score (nSPS) is 28.2. The molecule has 102 valence electrons. The van der Waals surface area contributed by atoms with Gasteiger partial charge in [-0.05, 0) is 25.7 Å². The summed E-state index contributed by atoms with van der Waals surface area (Å²) in [4.78, 5) is 2.74. The van der Waals surface area contributed by atoms with Crippen LogP contribution >= 0.6 is 0 Å². The van der Waals surface area contributed by atoms with Crippen molar-refractivity contribution in [3.8, 4) is 0 Å². The lowest BCUT2D eigenvalue weighted by Gasteiger charge is -2.46. The summed E-state index contributed by atoms with van der Waals surface area (Å²) in [5, 5.41) is 3.55. The van der Waals surface area contributed by atoms with Crippen LogP contribution in [-0.4, -0.2) is 36.6 Å². The first-order valence-corrected chi connectivity index (χ1v) is 7.62. The van der Waals surface area contributed by atoms with Crippen LogP contribution in [0.25, 0.3) is 0 Å². The van der Waals surface area contributed by atoms with Gasteiger partial charge in [0.05, 0.1) is 0 Å². The van der Waals surface area contributed by atoms with Gasteiger partial charge in [0.1, 0.15) is 0 Å². The summed E-state index contributed by atoms with van der Waals surface area (Å²) in [6, 6.07) is 0. The first kappa shape index (κ1) is 15.0. The van der Waals surface area contributed by atoms with Crippen molar-refractivity contribution in [3.05, 3.63) is 0 Å². The van der Waals surface area contributed by atoms with E-state index < -0.39 is 0 Å². The smallest absolute Gasteiger partial charge is 0.0303 e. The molecule has 2 heteroatoms. The summed E-state index contributed by atoms with van der Waals surface area (Å²) < 4.78 is 0. The van der Waals surface area contributed by atoms with E-state index in [9.17, 15) is 0 Å². The van der Waals surface area contributed by atoms with E-state index in [0.29, 0.717) is 5.54 Å². The van der Waals surface area contributed by atoms with Gasteiger partial charge in [-0.2, -0.15) is 0 Å². The highest BCUT2D eigenvalue weighted by Gasteiger charge is 2.33. The van der Waals surface area contributed by atoms with Crippen LogP contribution in [0.5, 0.6) is 0 Å². The van der Waals surface area contributed by atoms with Crippen molar-refractivity contribution in [2.75, 3.05) is 26.2 Å². The Balaban J connectivity index is 2.50. The lowest BCUT2D eigenvalue weighted by molar-refractivity contribution is 0.0527. The Morgan fingerprint density at radius 3 is 2.65 bits per heavy atom. The Morgan fingerprint density at radius 2 is 2.06 bits per heavy atom. The highest BCUT2D eigenvalue weighted by atomic mass is 15.3. The van der Waals surface area contributed by atoms with Gasteiger partial charge in [-0.15, -0.1) is 0 Å². The number of nitrogens with one attached hydrogen (secondary N) is 1. The first-order chi connectivity index (χ1) is 8.16. The maximum atomic E-state index is 3.55. The van der Waals surface area contributed by atoms with E-state index in [4.69, 9.17) is 0 Å². The van der Waals surface area contributed by atoms with Gasteiger partial charge >= 0.3 is 0 Å². The molecule has 0 radical (unpaired) electrons. The molecule has 1 aliphatic heterocycles. The van der Waals surface area contributed by atoms with Crippen LogP contribution in [0.2, 0.25) is 0 Å². The van der Waals surface area contributed by atoms with Gasteiger partial charge < -0.3 is 5.32 Å². The van der Waals surface area contributed by atoms with Crippen molar-refractivity contribution >= 4 is 0 Å². The number of rotatable bonds is 7. The largest absolute Gasteiger partial charge is 0.314 e. The number of unbranched alkanes of at least 4 members (excludes halogenated alkanes) is 1.